The van der Waals surface area contributed by atoms with Crippen molar-refractivity contribution >= 4 is 21.7 Å². The highest BCUT2D eigenvalue weighted by atomic mass is 32.2. The van der Waals surface area contributed by atoms with Crippen LogP contribution in [-0.2, 0) is 10.0 Å². The number of carbonyl (C=O) groups excluding carboxylic acids is 1. The number of carbonyl (C=O) groups is 1. The van der Waals surface area contributed by atoms with Crippen LogP contribution in [0.4, 0.5) is 5.82 Å². The number of nitrogens with one attached hydrogen (secondary N) is 1. The zero-order valence-electron chi connectivity index (χ0n) is 13.8. The van der Waals surface area contributed by atoms with Crippen molar-refractivity contribution in [3.63, 3.8) is 0 Å². The molecule has 1 fully saturated rings. The number of benzene rings is 1. The van der Waals surface area contributed by atoms with E-state index in [4.69, 9.17) is 0 Å². The highest BCUT2D eigenvalue weighted by molar-refractivity contribution is 7.89. The van der Waals surface area contributed by atoms with E-state index >= 15 is 0 Å². The zero-order chi connectivity index (χ0) is 17.7. The fourth-order valence-electron chi connectivity index (χ4n) is 2.78. The molecule has 1 saturated heterocycles. The number of sulfonamides is 1. The number of anilines is 1. The van der Waals surface area contributed by atoms with Crippen LogP contribution < -0.4 is 5.32 Å². The summed E-state index contributed by atoms with van der Waals surface area (Å²) in [6.45, 7) is 1.05. The molecule has 0 aliphatic carbocycles. The SMILES string of the molecule is O=C(Nc1cnccn1)c1cccc(S(=O)(=O)N2CCCCCC2)c1. The van der Waals surface area contributed by atoms with Crippen LogP contribution in [0.1, 0.15) is 36.0 Å². The van der Waals surface area contributed by atoms with Crippen LogP contribution in [0.25, 0.3) is 0 Å². The topological polar surface area (TPSA) is 92.3 Å². The average molecular weight is 360 g/mol. The minimum atomic E-state index is -3.59. The molecule has 7 nitrogen and oxygen atoms in total. The summed E-state index contributed by atoms with van der Waals surface area (Å²) in [7, 11) is -3.59. The van der Waals surface area contributed by atoms with Gasteiger partial charge in [-0.2, -0.15) is 4.31 Å². The Hall–Kier alpha value is -2.32. The van der Waals surface area contributed by atoms with Gasteiger partial charge in [0.05, 0.1) is 11.1 Å². The summed E-state index contributed by atoms with van der Waals surface area (Å²) in [5.74, 6) is -0.110. The average Bonchev–Trinajstić information content (AvgIpc) is 2.93. The normalized spacial score (nSPS) is 16.2. The molecule has 1 aliphatic rings. The largest absolute Gasteiger partial charge is 0.305 e. The second kappa shape index (κ2) is 7.71. The van der Waals surface area contributed by atoms with Crippen molar-refractivity contribution in [3.8, 4) is 0 Å². The first-order valence-corrected chi connectivity index (χ1v) is 9.69. The maximum absolute atomic E-state index is 12.8. The first kappa shape index (κ1) is 17.5. The number of hydrogen-bond acceptors (Lipinski definition) is 5. The molecule has 1 amide bonds. The monoisotopic (exact) mass is 360 g/mol. The lowest BCUT2D eigenvalue weighted by Crippen LogP contribution is -2.32. The van der Waals surface area contributed by atoms with Gasteiger partial charge >= 0.3 is 0 Å². The molecule has 1 aliphatic heterocycles. The summed E-state index contributed by atoms with van der Waals surface area (Å²) in [5, 5.41) is 2.61. The predicted octanol–water partition coefficient (Wildman–Crippen LogP) is 2.29. The van der Waals surface area contributed by atoms with Gasteiger partial charge in [0.2, 0.25) is 10.0 Å². The number of nitrogens with zero attached hydrogens (tertiary/aromatic N) is 3. The Morgan fingerprint density at radius 1 is 1.08 bits per heavy atom. The van der Waals surface area contributed by atoms with E-state index in [1.807, 2.05) is 0 Å². The Labute approximate surface area is 147 Å². The second-order valence-electron chi connectivity index (χ2n) is 5.89. The van der Waals surface area contributed by atoms with E-state index < -0.39 is 15.9 Å². The van der Waals surface area contributed by atoms with Crippen LogP contribution in [0, 0.1) is 0 Å². The number of rotatable bonds is 4. The molecule has 0 atom stereocenters. The standard InChI is InChI=1S/C17H20N4O3S/c22-17(20-16-13-18-8-9-19-16)14-6-5-7-15(12-14)25(23,24)21-10-3-1-2-4-11-21/h5-9,12-13H,1-4,10-11H2,(H,19,20,22). The molecule has 25 heavy (non-hydrogen) atoms. The Morgan fingerprint density at radius 2 is 1.84 bits per heavy atom. The van der Waals surface area contributed by atoms with Gasteiger partial charge in [-0.3, -0.25) is 9.78 Å². The van der Waals surface area contributed by atoms with E-state index in [-0.39, 0.29) is 10.5 Å². The Balaban J connectivity index is 1.81. The third-order valence-corrected chi connectivity index (χ3v) is 6.00. The van der Waals surface area contributed by atoms with Crippen molar-refractivity contribution < 1.29 is 13.2 Å². The van der Waals surface area contributed by atoms with Gasteiger partial charge in [-0.25, -0.2) is 13.4 Å². The summed E-state index contributed by atoms with van der Waals surface area (Å²) in [5.41, 5.74) is 0.265. The van der Waals surface area contributed by atoms with E-state index in [1.54, 1.807) is 12.1 Å². The molecule has 132 valence electrons. The van der Waals surface area contributed by atoms with Crippen LogP contribution in [0.5, 0.6) is 0 Å². The van der Waals surface area contributed by atoms with Gasteiger partial charge in [0.1, 0.15) is 0 Å². The molecule has 1 aromatic heterocycles. The summed E-state index contributed by atoms with van der Waals surface area (Å²) in [6.07, 6.45) is 8.23. The summed E-state index contributed by atoms with van der Waals surface area (Å²) < 4.78 is 27.2. The van der Waals surface area contributed by atoms with E-state index in [1.165, 1.54) is 35.0 Å². The van der Waals surface area contributed by atoms with E-state index in [0.717, 1.165) is 25.7 Å². The quantitative estimate of drug-likeness (QED) is 0.903. The zero-order valence-corrected chi connectivity index (χ0v) is 14.6. The molecular weight excluding hydrogens is 340 g/mol. The highest BCUT2D eigenvalue weighted by Gasteiger charge is 2.25. The number of amides is 1. The van der Waals surface area contributed by atoms with Gasteiger partial charge in [-0.1, -0.05) is 18.9 Å². The molecule has 2 heterocycles. The highest BCUT2D eigenvalue weighted by Crippen LogP contribution is 2.21. The lowest BCUT2D eigenvalue weighted by atomic mass is 10.2. The van der Waals surface area contributed by atoms with Gasteiger partial charge < -0.3 is 5.32 Å². The Kier molecular flexibility index (Phi) is 5.40. The van der Waals surface area contributed by atoms with Gasteiger partial charge in [-0.05, 0) is 31.0 Å². The van der Waals surface area contributed by atoms with Gasteiger partial charge in [0, 0.05) is 31.0 Å². The third kappa shape index (κ3) is 4.21. The summed E-state index contributed by atoms with van der Waals surface area (Å²) >= 11 is 0. The van der Waals surface area contributed by atoms with Crippen molar-refractivity contribution in [3.05, 3.63) is 48.4 Å². The van der Waals surface area contributed by atoms with Crippen molar-refractivity contribution in [2.24, 2.45) is 0 Å². The van der Waals surface area contributed by atoms with E-state index in [9.17, 15) is 13.2 Å². The van der Waals surface area contributed by atoms with Crippen molar-refractivity contribution in [1.82, 2.24) is 14.3 Å². The lowest BCUT2D eigenvalue weighted by molar-refractivity contribution is 0.102. The van der Waals surface area contributed by atoms with E-state index in [0.29, 0.717) is 18.9 Å². The lowest BCUT2D eigenvalue weighted by Gasteiger charge is -2.20. The second-order valence-corrected chi connectivity index (χ2v) is 7.83. The van der Waals surface area contributed by atoms with Gasteiger partial charge in [0.25, 0.3) is 5.91 Å². The maximum atomic E-state index is 12.8. The van der Waals surface area contributed by atoms with Crippen LogP contribution in [0.15, 0.2) is 47.8 Å². The fourth-order valence-corrected chi connectivity index (χ4v) is 4.34. The van der Waals surface area contributed by atoms with Crippen LogP contribution in [0.2, 0.25) is 0 Å². The minimum absolute atomic E-state index is 0.140. The summed E-state index contributed by atoms with van der Waals surface area (Å²) in [4.78, 5) is 20.3. The number of hydrogen-bond donors (Lipinski definition) is 1. The summed E-state index contributed by atoms with van der Waals surface area (Å²) in [6, 6.07) is 6.09. The molecule has 8 heteroatoms. The number of aromatic nitrogens is 2. The van der Waals surface area contributed by atoms with E-state index in [2.05, 4.69) is 15.3 Å². The van der Waals surface area contributed by atoms with Crippen LogP contribution in [-0.4, -0.2) is 41.7 Å². The van der Waals surface area contributed by atoms with Crippen molar-refractivity contribution in [2.75, 3.05) is 18.4 Å². The molecule has 0 bridgehead atoms. The van der Waals surface area contributed by atoms with Gasteiger partial charge in [0.15, 0.2) is 5.82 Å². The van der Waals surface area contributed by atoms with Crippen LogP contribution in [0.3, 0.4) is 0 Å². The molecule has 1 N–H and O–H groups in total. The predicted molar refractivity (Wildman–Crippen MR) is 93.7 cm³/mol. The molecule has 2 aromatic rings. The molecule has 3 rings (SSSR count). The molecule has 0 spiro atoms. The molecule has 0 unspecified atom stereocenters. The van der Waals surface area contributed by atoms with Crippen LogP contribution >= 0.6 is 0 Å². The fraction of sp³-hybridized carbons (Fsp3) is 0.353. The Morgan fingerprint density at radius 3 is 2.52 bits per heavy atom. The van der Waals surface area contributed by atoms with Gasteiger partial charge in [-0.15, -0.1) is 0 Å². The third-order valence-electron chi connectivity index (χ3n) is 4.10. The smallest absolute Gasteiger partial charge is 0.256 e. The molecule has 0 saturated carbocycles. The maximum Gasteiger partial charge on any atom is 0.256 e. The minimum Gasteiger partial charge on any atom is -0.305 e. The van der Waals surface area contributed by atoms with Crippen molar-refractivity contribution in [2.45, 2.75) is 30.6 Å². The molecular formula is C17H20N4O3S. The first-order valence-electron chi connectivity index (χ1n) is 8.25. The molecule has 0 radical (unpaired) electrons. The van der Waals surface area contributed by atoms with Crippen molar-refractivity contribution in [1.29, 1.82) is 0 Å². The molecule has 1 aromatic carbocycles. The Bertz CT molecular complexity index is 832. The first-order chi connectivity index (χ1) is 12.1.